The molecule has 0 unspecified atom stereocenters. The lowest BCUT2D eigenvalue weighted by molar-refractivity contribution is -0.137. The summed E-state index contributed by atoms with van der Waals surface area (Å²) in [6.45, 7) is 0. The molecule has 0 radical (unpaired) electrons. The lowest BCUT2D eigenvalue weighted by Gasteiger charge is -2.04. The number of carbonyl (C=O) groups excluding carboxylic acids is 1. The number of thiazole rings is 1. The molecule has 0 fully saturated rings. The van der Waals surface area contributed by atoms with Gasteiger partial charge in [-0.25, -0.2) is 4.98 Å². The average Bonchev–Trinajstić information content (AvgIpc) is 3.15. The van der Waals surface area contributed by atoms with Crippen LogP contribution in [0.4, 0.5) is 13.2 Å². The van der Waals surface area contributed by atoms with Gasteiger partial charge in [-0.05, 0) is 29.6 Å². The van der Waals surface area contributed by atoms with E-state index in [2.05, 4.69) is 4.98 Å². The van der Waals surface area contributed by atoms with Crippen molar-refractivity contribution < 1.29 is 18.0 Å². The molecule has 1 atom stereocenters. The van der Waals surface area contributed by atoms with E-state index in [-0.39, 0.29) is 5.01 Å². The Hall–Kier alpha value is -2.24. The number of hydrogen-bond donors (Lipinski definition) is 0. The predicted molar refractivity (Wildman–Crippen MR) is 81.6 cm³/mol. The van der Waals surface area contributed by atoms with Gasteiger partial charge in [0.25, 0.3) is 0 Å². The molecule has 0 aliphatic rings. The lowest BCUT2D eigenvalue weighted by atomic mass is 10.1. The Bertz CT molecular complexity index is 907. The Kier molecular flexibility index (Phi) is 3.92. The predicted octanol–water partition coefficient (Wildman–Crippen LogP) is 4.87. The summed E-state index contributed by atoms with van der Waals surface area (Å²) in [7, 11) is 0. The van der Waals surface area contributed by atoms with Crippen LogP contribution in [0.1, 0.15) is 26.2 Å². The van der Waals surface area contributed by atoms with Gasteiger partial charge < -0.3 is 0 Å². The van der Waals surface area contributed by atoms with Crippen LogP contribution >= 0.6 is 22.7 Å². The first-order valence-electron chi connectivity index (χ1n) is 6.35. The van der Waals surface area contributed by atoms with Gasteiger partial charge in [-0.2, -0.15) is 18.4 Å². The number of rotatable bonds is 3. The van der Waals surface area contributed by atoms with Gasteiger partial charge in [-0.1, -0.05) is 6.07 Å². The molecule has 3 nitrogen and oxygen atoms in total. The number of carbonyl (C=O) groups is 1. The zero-order valence-electron chi connectivity index (χ0n) is 11.3. The number of nitrogens with zero attached hydrogens (tertiary/aromatic N) is 2. The maximum atomic E-state index is 12.7. The first-order chi connectivity index (χ1) is 10.9. The quantitative estimate of drug-likeness (QED) is 0.632. The van der Waals surface area contributed by atoms with E-state index in [1.807, 2.05) is 6.07 Å². The Morgan fingerprint density at radius 3 is 2.70 bits per heavy atom. The molecule has 0 spiro atoms. The van der Waals surface area contributed by atoms with Gasteiger partial charge >= 0.3 is 6.18 Å². The number of aromatic nitrogens is 1. The number of Topliss-reactive ketones (excluding diaryl/α,β-unsaturated/α-hetero) is 1. The number of nitriles is 1. The van der Waals surface area contributed by atoms with Crippen molar-refractivity contribution in [3.8, 4) is 6.07 Å². The van der Waals surface area contributed by atoms with Crippen LogP contribution in [-0.4, -0.2) is 10.8 Å². The largest absolute Gasteiger partial charge is 0.416 e. The van der Waals surface area contributed by atoms with Crippen molar-refractivity contribution >= 4 is 38.7 Å². The number of hydrogen-bond acceptors (Lipinski definition) is 5. The summed E-state index contributed by atoms with van der Waals surface area (Å²) in [6.07, 6.45) is -4.44. The van der Waals surface area contributed by atoms with Crippen molar-refractivity contribution in [2.45, 2.75) is 12.1 Å². The minimum atomic E-state index is -4.44. The zero-order chi connectivity index (χ0) is 16.6. The smallest absolute Gasteiger partial charge is 0.291 e. The highest BCUT2D eigenvalue weighted by atomic mass is 32.1. The van der Waals surface area contributed by atoms with E-state index in [1.54, 1.807) is 17.5 Å². The molecule has 0 bridgehead atoms. The Morgan fingerprint density at radius 1 is 1.30 bits per heavy atom. The highest BCUT2D eigenvalue weighted by Crippen LogP contribution is 2.35. The fourth-order valence-corrected chi connectivity index (χ4v) is 3.78. The topological polar surface area (TPSA) is 53.8 Å². The van der Waals surface area contributed by atoms with E-state index in [1.165, 1.54) is 17.4 Å². The van der Waals surface area contributed by atoms with E-state index in [9.17, 15) is 23.2 Å². The molecular weight excluding hydrogens is 345 g/mol. The van der Waals surface area contributed by atoms with Gasteiger partial charge in [-0.3, -0.25) is 4.79 Å². The van der Waals surface area contributed by atoms with Crippen LogP contribution in [0, 0.1) is 11.3 Å². The van der Waals surface area contributed by atoms with Crippen molar-refractivity contribution in [1.82, 2.24) is 4.98 Å². The number of fused-ring (bicyclic) bond motifs is 1. The number of alkyl halides is 3. The molecule has 0 saturated carbocycles. The van der Waals surface area contributed by atoms with Gasteiger partial charge in [0.15, 0.2) is 11.7 Å². The number of benzene rings is 1. The third-order valence-corrected chi connectivity index (χ3v) is 5.10. The molecule has 0 amide bonds. The standard InChI is InChI=1S/C15H7F3N2OS2/c16-15(17,18)8-3-4-10-12(6-8)23-14(20-10)9(7-19)13(21)11-2-1-5-22-11/h1-6,9H/t9-/m1/s1. The molecule has 3 rings (SSSR count). The summed E-state index contributed by atoms with van der Waals surface area (Å²) in [5.74, 6) is -1.50. The molecule has 0 saturated heterocycles. The summed E-state index contributed by atoms with van der Waals surface area (Å²) >= 11 is 2.15. The first-order valence-corrected chi connectivity index (χ1v) is 8.05. The average molecular weight is 352 g/mol. The van der Waals surface area contributed by atoms with Crippen LogP contribution in [-0.2, 0) is 6.18 Å². The van der Waals surface area contributed by atoms with Crippen LogP contribution in [0.3, 0.4) is 0 Å². The number of ketones is 1. The monoisotopic (exact) mass is 352 g/mol. The van der Waals surface area contributed by atoms with Crippen LogP contribution in [0.5, 0.6) is 0 Å². The van der Waals surface area contributed by atoms with Crippen molar-refractivity contribution in [3.05, 3.63) is 51.2 Å². The normalized spacial score (nSPS) is 13.0. The van der Waals surface area contributed by atoms with Gasteiger partial charge in [0.05, 0.1) is 26.7 Å². The highest BCUT2D eigenvalue weighted by Gasteiger charge is 2.31. The lowest BCUT2D eigenvalue weighted by Crippen LogP contribution is -2.09. The minimum Gasteiger partial charge on any atom is -0.291 e. The Balaban J connectivity index is 2.02. The Morgan fingerprint density at radius 2 is 2.09 bits per heavy atom. The molecule has 0 aliphatic heterocycles. The van der Waals surface area contributed by atoms with Gasteiger partial charge in [0.2, 0.25) is 0 Å². The third kappa shape index (κ3) is 2.98. The maximum absolute atomic E-state index is 12.7. The van der Waals surface area contributed by atoms with E-state index in [0.29, 0.717) is 15.1 Å². The summed E-state index contributed by atoms with van der Waals surface area (Å²) in [5.41, 5.74) is -0.435. The minimum absolute atomic E-state index is 0.209. The van der Waals surface area contributed by atoms with Gasteiger partial charge in [-0.15, -0.1) is 22.7 Å². The van der Waals surface area contributed by atoms with Crippen LogP contribution in [0.15, 0.2) is 35.7 Å². The summed E-state index contributed by atoms with van der Waals surface area (Å²) in [4.78, 5) is 16.9. The summed E-state index contributed by atoms with van der Waals surface area (Å²) in [6, 6.07) is 8.37. The fraction of sp³-hybridized carbons (Fsp3) is 0.133. The second kappa shape index (κ2) is 5.76. The van der Waals surface area contributed by atoms with E-state index in [4.69, 9.17) is 0 Å². The second-order valence-electron chi connectivity index (χ2n) is 4.64. The van der Waals surface area contributed by atoms with Crippen molar-refractivity contribution in [1.29, 1.82) is 5.26 Å². The van der Waals surface area contributed by atoms with E-state index < -0.39 is 23.4 Å². The summed E-state index contributed by atoms with van der Waals surface area (Å²) < 4.78 is 38.5. The third-order valence-electron chi connectivity index (χ3n) is 3.13. The van der Waals surface area contributed by atoms with Crippen LogP contribution in [0.2, 0.25) is 0 Å². The Labute approximate surface area is 136 Å². The molecule has 2 aromatic heterocycles. The molecular formula is C15H7F3N2OS2. The van der Waals surface area contributed by atoms with Crippen molar-refractivity contribution in [2.75, 3.05) is 0 Å². The van der Waals surface area contributed by atoms with Crippen LogP contribution in [0.25, 0.3) is 10.2 Å². The SMILES string of the molecule is N#C[C@H](C(=O)c1cccs1)c1nc2ccc(C(F)(F)F)cc2s1. The summed E-state index contributed by atoms with van der Waals surface area (Å²) in [5, 5.41) is 11.2. The maximum Gasteiger partial charge on any atom is 0.416 e. The van der Waals surface area contributed by atoms with Gasteiger partial charge in [0.1, 0.15) is 5.01 Å². The highest BCUT2D eigenvalue weighted by molar-refractivity contribution is 7.19. The molecule has 8 heteroatoms. The molecule has 1 aromatic carbocycles. The van der Waals surface area contributed by atoms with Crippen molar-refractivity contribution in [3.63, 3.8) is 0 Å². The molecule has 2 heterocycles. The van der Waals surface area contributed by atoms with E-state index >= 15 is 0 Å². The molecule has 3 aromatic rings. The van der Waals surface area contributed by atoms with E-state index in [0.717, 1.165) is 23.5 Å². The fourth-order valence-electron chi connectivity index (χ4n) is 2.03. The molecule has 0 N–H and O–H groups in total. The second-order valence-corrected chi connectivity index (χ2v) is 6.65. The number of thiophene rings is 1. The first kappa shape index (κ1) is 15.6. The molecule has 0 aliphatic carbocycles. The van der Waals surface area contributed by atoms with Crippen molar-refractivity contribution in [2.24, 2.45) is 0 Å². The van der Waals surface area contributed by atoms with Crippen LogP contribution < -0.4 is 0 Å². The molecule has 23 heavy (non-hydrogen) atoms. The molecule has 116 valence electrons. The zero-order valence-corrected chi connectivity index (χ0v) is 12.9. The number of halogens is 3. The van der Waals surface area contributed by atoms with Gasteiger partial charge in [0, 0.05) is 0 Å².